The number of Topliss-reactive ketones (excluding diaryl/α,β-unsaturated/α-hetero) is 1. The van der Waals surface area contributed by atoms with Crippen LogP contribution in [0.5, 0.6) is 0 Å². The summed E-state index contributed by atoms with van der Waals surface area (Å²) in [7, 11) is 0. The van der Waals surface area contributed by atoms with Crippen molar-refractivity contribution in [3.8, 4) is 6.07 Å². The van der Waals surface area contributed by atoms with Gasteiger partial charge in [0.1, 0.15) is 0 Å². The largest absolute Gasteiger partial charge is 0.378 e. The van der Waals surface area contributed by atoms with Crippen LogP contribution in [0.4, 0.5) is 4.79 Å². The molecule has 2 saturated heterocycles. The van der Waals surface area contributed by atoms with Crippen molar-refractivity contribution in [1.29, 1.82) is 5.26 Å². The first-order chi connectivity index (χ1) is 9.22. The molecular formula is C12H18N4O3. The van der Waals surface area contributed by atoms with Crippen LogP contribution in [0.1, 0.15) is 6.42 Å². The second kappa shape index (κ2) is 6.50. The number of amides is 2. The zero-order chi connectivity index (χ0) is 13.7. The van der Waals surface area contributed by atoms with Crippen molar-refractivity contribution in [1.82, 2.24) is 15.1 Å². The molecular weight excluding hydrogens is 248 g/mol. The minimum atomic E-state index is -0.418. The summed E-state index contributed by atoms with van der Waals surface area (Å²) in [5.74, 6) is -0.151. The van der Waals surface area contributed by atoms with E-state index in [1.807, 2.05) is 6.07 Å². The highest BCUT2D eigenvalue weighted by molar-refractivity contribution is 5.87. The van der Waals surface area contributed by atoms with Gasteiger partial charge in [-0.25, -0.2) is 4.79 Å². The molecule has 2 aliphatic rings. The van der Waals surface area contributed by atoms with Gasteiger partial charge in [0.25, 0.3) is 0 Å². The lowest BCUT2D eigenvalue weighted by Gasteiger charge is -2.37. The van der Waals surface area contributed by atoms with Crippen molar-refractivity contribution < 1.29 is 14.3 Å². The normalized spacial score (nSPS) is 23.8. The lowest BCUT2D eigenvalue weighted by Crippen LogP contribution is -2.59. The Balaban J connectivity index is 1.91. The van der Waals surface area contributed by atoms with Crippen LogP contribution in [-0.2, 0) is 9.53 Å². The Hall–Kier alpha value is -1.65. The summed E-state index contributed by atoms with van der Waals surface area (Å²) in [6.45, 7) is 3.84. The van der Waals surface area contributed by atoms with Crippen molar-refractivity contribution in [2.75, 3.05) is 45.9 Å². The Bertz CT molecular complexity index is 387. The number of ether oxygens (including phenoxy) is 1. The third-order valence-electron chi connectivity index (χ3n) is 3.37. The molecule has 1 N–H and O–H groups in total. The molecule has 0 saturated carbocycles. The Labute approximate surface area is 112 Å². The molecule has 19 heavy (non-hydrogen) atoms. The summed E-state index contributed by atoms with van der Waals surface area (Å²) in [5.41, 5.74) is 0. The number of ketones is 1. The van der Waals surface area contributed by atoms with E-state index in [2.05, 4.69) is 5.32 Å². The summed E-state index contributed by atoms with van der Waals surface area (Å²) >= 11 is 0. The molecule has 0 radical (unpaired) electrons. The number of urea groups is 1. The molecule has 2 aliphatic heterocycles. The number of hydrogen-bond donors (Lipinski definition) is 1. The molecule has 0 aliphatic carbocycles. The molecule has 2 amide bonds. The first-order valence-corrected chi connectivity index (χ1v) is 6.47. The molecule has 0 spiro atoms. The molecule has 1 unspecified atom stereocenters. The Morgan fingerprint density at radius 2 is 2.00 bits per heavy atom. The molecule has 2 heterocycles. The highest BCUT2D eigenvalue weighted by Gasteiger charge is 2.30. The van der Waals surface area contributed by atoms with Gasteiger partial charge in [0.2, 0.25) is 0 Å². The van der Waals surface area contributed by atoms with E-state index in [1.54, 1.807) is 9.80 Å². The SMILES string of the molecule is N#CCC(=O)C1CN(C(=O)N2CCOCC2)CCN1. The average molecular weight is 266 g/mol. The Morgan fingerprint density at radius 1 is 1.26 bits per heavy atom. The fourth-order valence-corrected chi connectivity index (χ4v) is 2.30. The van der Waals surface area contributed by atoms with E-state index in [-0.39, 0.29) is 18.2 Å². The highest BCUT2D eigenvalue weighted by Crippen LogP contribution is 2.08. The number of nitriles is 1. The van der Waals surface area contributed by atoms with Gasteiger partial charge >= 0.3 is 6.03 Å². The van der Waals surface area contributed by atoms with Gasteiger partial charge in [0, 0.05) is 32.7 Å². The number of hydrogen-bond acceptors (Lipinski definition) is 5. The van der Waals surface area contributed by atoms with E-state index in [9.17, 15) is 9.59 Å². The van der Waals surface area contributed by atoms with E-state index in [0.29, 0.717) is 45.9 Å². The molecule has 2 fully saturated rings. The minimum absolute atomic E-state index is 0.0421. The maximum atomic E-state index is 12.3. The predicted molar refractivity (Wildman–Crippen MR) is 66.4 cm³/mol. The monoisotopic (exact) mass is 266 g/mol. The molecule has 0 bridgehead atoms. The number of piperazine rings is 1. The highest BCUT2D eigenvalue weighted by atomic mass is 16.5. The maximum Gasteiger partial charge on any atom is 0.320 e. The third-order valence-corrected chi connectivity index (χ3v) is 3.37. The number of nitrogens with one attached hydrogen (secondary N) is 1. The second-order valence-corrected chi connectivity index (χ2v) is 4.64. The van der Waals surface area contributed by atoms with E-state index in [0.717, 1.165) is 0 Å². The van der Waals surface area contributed by atoms with E-state index >= 15 is 0 Å². The number of carbonyl (C=O) groups is 2. The fourth-order valence-electron chi connectivity index (χ4n) is 2.30. The molecule has 0 aromatic heterocycles. The van der Waals surface area contributed by atoms with Gasteiger partial charge in [-0.3, -0.25) is 4.79 Å². The van der Waals surface area contributed by atoms with Crippen molar-refractivity contribution >= 4 is 11.8 Å². The number of morpholine rings is 1. The van der Waals surface area contributed by atoms with Gasteiger partial charge < -0.3 is 19.9 Å². The zero-order valence-corrected chi connectivity index (χ0v) is 10.8. The van der Waals surface area contributed by atoms with Crippen LogP contribution in [0.3, 0.4) is 0 Å². The fraction of sp³-hybridized carbons (Fsp3) is 0.750. The number of carbonyl (C=O) groups excluding carboxylic acids is 2. The summed E-state index contributed by atoms with van der Waals surface area (Å²) in [6.07, 6.45) is -0.114. The van der Waals surface area contributed by atoms with E-state index in [1.165, 1.54) is 0 Å². The topological polar surface area (TPSA) is 85.7 Å². The predicted octanol–water partition coefficient (Wildman–Crippen LogP) is -0.805. The van der Waals surface area contributed by atoms with Crippen LogP contribution in [0.2, 0.25) is 0 Å². The Kier molecular flexibility index (Phi) is 4.71. The average Bonchev–Trinajstić information content (AvgIpc) is 2.48. The minimum Gasteiger partial charge on any atom is -0.378 e. The van der Waals surface area contributed by atoms with Crippen LogP contribution in [0.15, 0.2) is 0 Å². The standard InChI is InChI=1S/C12H18N4O3/c13-2-1-11(17)10-9-16(4-3-14-10)12(18)15-5-7-19-8-6-15/h10,14H,1,3-9H2. The summed E-state index contributed by atoms with van der Waals surface area (Å²) in [5, 5.41) is 11.6. The Morgan fingerprint density at radius 3 is 2.68 bits per heavy atom. The molecule has 7 nitrogen and oxygen atoms in total. The molecule has 7 heteroatoms. The quantitative estimate of drug-likeness (QED) is 0.707. The summed E-state index contributed by atoms with van der Waals surface area (Å²) < 4.78 is 5.21. The second-order valence-electron chi connectivity index (χ2n) is 4.64. The van der Waals surface area contributed by atoms with Gasteiger partial charge in [0.05, 0.1) is 31.7 Å². The zero-order valence-electron chi connectivity index (χ0n) is 10.8. The first kappa shape index (κ1) is 13.8. The summed E-state index contributed by atoms with van der Waals surface area (Å²) in [4.78, 5) is 27.4. The van der Waals surface area contributed by atoms with Crippen molar-refractivity contribution in [3.05, 3.63) is 0 Å². The number of rotatable bonds is 2. The first-order valence-electron chi connectivity index (χ1n) is 6.47. The number of nitrogens with zero attached hydrogens (tertiary/aromatic N) is 3. The van der Waals surface area contributed by atoms with E-state index in [4.69, 9.17) is 10.00 Å². The van der Waals surface area contributed by atoms with Crippen LogP contribution in [-0.4, -0.2) is 73.6 Å². The van der Waals surface area contributed by atoms with Gasteiger partial charge in [-0.1, -0.05) is 0 Å². The maximum absolute atomic E-state index is 12.3. The molecule has 0 aromatic carbocycles. The third kappa shape index (κ3) is 3.43. The van der Waals surface area contributed by atoms with Gasteiger partial charge in [0.15, 0.2) is 5.78 Å². The van der Waals surface area contributed by atoms with Gasteiger partial charge in [-0.05, 0) is 0 Å². The molecule has 2 rings (SSSR count). The smallest absolute Gasteiger partial charge is 0.320 e. The van der Waals surface area contributed by atoms with Crippen LogP contribution < -0.4 is 5.32 Å². The van der Waals surface area contributed by atoms with Crippen molar-refractivity contribution in [2.24, 2.45) is 0 Å². The molecule has 104 valence electrons. The van der Waals surface area contributed by atoms with Crippen LogP contribution in [0.25, 0.3) is 0 Å². The molecule has 1 atom stereocenters. The lowest BCUT2D eigenvalue weighted by atomic mass is 10.1. The van der Waals surface area contributed by atoms with Crippen molar-refractivity contribution in [3.63, 3.8) is 0 Å². The van der Waals surface area contributed by atoms with Crippen LogP contribution in [0, 0.1) is 11.3 Å². The van der Waals surface area contributed by atoms with Gasteiger partial charge in [-0.2, -0.15) is 5.26 Å². The molecule has 0 aromatic rings. The van der Waals surface area contributed by atoms with E-state index < -0.39 is 6.04 Å². The van der Waals surface area contributed by atoms with Crippen molar-refractivity contribution in [2.45, 2.75) is 12.5 Å². The lowest BCUT2D eigenvalue weighted by molar-refractivity contribution is -0.120. The summed E-state index contributed by atoms with van der Waals surface area (Å²) in [6, 6.07) is 1.39. The van der Waals surface area contributed by atoms with Gasteiger partial charge in [-0.15, -0.1) is 0 Å². The van der Waals surface area contributed by atoms with Crippen LogP contribution >= 0.6 is 0 Å².